The minimum Gasteiger partial charge on any atom is -0.495 e. The molecule has 5 nitrogen and oxygen atoms in total. The lowest BCUT2D eigenvalue weighted by Crippen LogP contribution is -2.42. The molecule has 1 aromatic rings. The Morgan fingerprint density at radius 2 is 1.86 bits per heavy atom. The van der Waals surface area contributed by atoms with Gasteiger partial charge in [0.25, 0.3) is 0 Å². The topological polar surface area (TPSA) is 59.6 Å². The summed E-state index contributed by atoms with van der Waals surface area (Å²) in [5.74, 6) is 1.03. The summed E-state index contributed by atoms with van der Waals surface area (Å²) in [6.45, 7) is 3.69. The smallest absolute Gasteiger partial charge is 0.230 e. The van der Waals surface area contributed by atoms with Gasteiger partial charge in [0.05, 0.1) is 24.9 Å². The van der Waals surface area contributed by atoms with E-state index in [4.69, 9.17) is 21.1 Å². The summed E-state index contributed by atoms with van der Waals surface area (Å²) in [4.78, 5) is 12.6. The predicted octanol–water partition coefficient (Wildman–Crippen LogP) is 2.69. The van der Waals surface area contributed by atoms with Gasteiger partial charge in [0.2, 0.25) is 5.91 Å². The van der Waals surface area contributed by atoms with Gasteiger partial charge in [0.15, 0.2) is 0 Å². The van der Waals surface area contributed by atoms with Crippen LogP contribution in [0.5, 0.6) is 11.5 Å². The Hall–Kier alpha value is -1.46. The number of nitrogens with one attached hydrogen (secondary N) is 2. The van der Waals surface area contributed by atoms with Crippen molar-refractivity contribution in [2.75, 3.05) is 32.6 Å². The number of methoxy groups -OCH3 is 2. The maximum Gasteiger partial charge on any atom is 0.230 e. The zero-order valence-corrected chi connectivity index (χ0v) is 13.3. The van der Waals surface area contributed by atoms with Crippen LogP contribution < -0.4 is 20.1 Å². The number of carbonyl (C=O) groups is 1. The minimum atomic E-state index is -0.372. The molecular weight excluding hydrogens is 292 g/mol. The van der Waals surface area contributed by atoms with Crippen molar-refractivity contribution in [1.29, 1.82) is 0 Å². The van der Waals surface area contributed by atoms with Gasteiger partial charge in [-0.1, -0.05) is 18.5 Å². The summed E-state index contributed by atoms with van der Waals surface area (Å²) in [5, 5.41) is 6.63. The quantitative estimate of drug-likeness (QED) is 0.897. The van der Waals surface area contributed by atoms with Crippen LogP contribution in [0.3, 0.4) is 0 Å². The standard InChI is InChI=1S/C15H21ClN2O3/c1-15(4-6-17-7-5-15)14(19)18-11-8-10(16)12(20-2)9-13(11)21-3/h8-9,17H,4-7H2,1-3H3,(H,18,19). The highest BCUT2D eigenvalue weighted by Gasteiger charge is 2.35. The first-order valence-electron chi connectivity index (χ1n) is 6.94. The van der Waals surface area contributed by atoms with Gasteiger partial charge in [0, 0.05) is 11.5 Å². The Morgan fingerprint density at radius 1 is 1.24 bits per heavy atom. The van der Waals surface area contributed by atoms with Gasteiger partial charge in [-0.3, -0.25) is 4.79 Å². The molecule has 0 radical (unpaired) electrons. The number of halogens is 1. The average Bonchev–Trinajstić information content (AvgIpc) is 2.48. The van der Waals surface area contributed by atoms with E-state index < -0.39 is 0 Å². The zero-order chi connectivity index (χ0) is 15.5. The molecule has 0 bridgehead atoms. The van der Waals surface area contributed by atoms with Crippen molar-refractivity contribution in [2.24, 2.45) is 5.41 Å². The molecule has 0 aliphatic carbocycles. The van der Waals surface area contributed by atoms with E-state index >= 15 is 0 Å². The highest BCUT2D eigenvalue weighted by atomic mass is 35.5. The van der Waals surface area contributed by atoms with Gasteiger partial charge < -0.3 is 20.1 Å². The molecule has 6 heteroatoms. The van der Waals surface area contributed by atoms with Gasteiger partial charge in [-0.05, 0) is 32.0 Å². The SMILES string of the molecule is COc1cc(OC)c(NC(=O)C2(C)CCNCC2)cc1Cl. The molecule has 1 saturated heterocycles. The fourth-order valence-corrected chi connectivity index (χ4v) is 2.68. The highest BCUT2D eigenvalue weighted by molar-refractivity contribution is 6.32. The van der Waals surface area contributed by atoms with Gasteiger partial charge in [-0.2, -0.15) is 0 Å². The number of benzene rings is 1. The van der Waals surface area contributed by atoms with Crippen molar-refractivity contribution in [3.8, 4) is 11.5 Å². The molecule has 1 aliphatic heterocycles. The minimum absolute atomic E-state index is 0.0106. The van der Waals surface area contributed by atoms with E-state index in [0.29, 0.717) is 22.2 Å². The molecule has 2 N–H and O–H groups in total. The van der Waals surface area contributed by atoms with Crippen LogP contribution in [0.15, 0.2) is 12.1 Å². The second-order valence-corrected chi connectivity index (χ2v) is 5.86. The Bertz CT molecular complexity index is 528. The molecule has 2 rings (SSSR count). The molecule has 0 atom stereocenters. The van der Waals surface area contributed by atoms with Crippen molar-refractivity contribution < 1.29 is 14.3 Å². The Kier molecular flexibility index (Phi) is 4.96. The predicted molar refractivity (Wildman–Crippen MR) is 83.4 cm³/mol. The van der Waals surface area contributed by atoms with Gasteiger partial charge >= 0.3 is 0 Å². The summed E-state index contributed by atoms with van der Waals surface area (Å²) in [7, 11) is 3.08. The first-order valence-corrected chi connectivity index (χ1v) is 7.31. The van der Waals surface area contributed by atoms with Crippen LogP contribution in [-0.4, -0.2) is 33.2 Å². The van der Waals surface area contributed by atoms with Crippen LogP contribution in [-0.2, 0) is 4.79 Å². The number of piperidine rings is 1. The monoisotopic (exact) mass is 312 g/mol. The lowest BCUT2D eigenvalue weighted by Gasteiger charge is -2.32. The van der Waals surface area contributed by atoms with Crippen LogP contribution in [0.2, 0.25) is 5.02 Å². The average molecular weight is 313 g/mol. The molecule has 0 unspecified atom stereocenters. The van der Waals surface area contributed by atoms with Crippen molar-refractivity contribution in [2.45, 2.75) is 19.8 Å². The molecule has 1 heterocycles. The van der Waals surface area contributed by atoms with Crippen molar-refractivity contribution in [3.63, 3.8) is 0 Å². The van der Waals surface area contributed by atoms with Gasteiger partial charge in [-0.25, -0.2) is 0 Å². The second kappa shape index (κ2) is 6.54. The van der Waals surface area contributed by atoms with Crippen LogP contribution in [0.25, 0.3) is 0 Å². The van der Waals surface area contributed by atoms with E-state index in [0.717, 1.165) is 25.9 Å². The molecule has 21 heavy (non-hydrogen) atoms. The fraction of sp³-hybridized carbons (Fsp3) is 0.533. The van der Waals surface area contributed by atoms with Crippen LogP contribution in [0.4, 0.5) is 5.69 Å². The highest BCUT2D eigenvalue weighted by Crippen LogP contribution is 2.37. The summed E-state index contributed by atoms with van der Waals surface area (Å²) in [5.41, 5.74) is 0.191. The van der Waals surface area contributed by atoms with Gasteiger partial charge in [-0.15, -0.1) is 0 Å². The van der Waals surface area contributed by atoms with E-state index in [1.807, 2.05) is 6.92 Å². The third-order valence-corrected chi connectivity index (χ3v) is 4.27. The summed E-state index contributed by atoms with van der Waals surface area (Å²) in [6, 6.07) is 3.32. The summed E-state index contributed by atoms with van der Waals surface area (Å²) >= 11 is 6.12. The number of rotatable bonds is 4. The summed E-state index contributed by atoms with van der Waals surface area (Å²) < 4.78 is 10.4. The first-order chi connectivity index (χ1) is 10.00. The van der Waals surface area contributed by atoms with Crippen molar-refractivity contribution in [3.05, 3.63) is 17.2 Å². The molecule has 0 aromatic heterocycles. The van der Waals surface area contributed by atoms with E-state index in [-0.39, 0.29) is 11.3 Å². The van der Waals surface area contributed by atoms with Crippen LogP contribution in [0, 0.1) is 5.41 Å². The number of anilines is 1. The van der Waals surface area contributed by atoms with E-state index in [1.165, 1.54) is 7.11 Å². The number of ether oxygens (including phenoxy) is 2. The van der Waals surface area contributed by atoms with Crippen molar-refractivity contribution >= 4 is 23.2 Å². The maximum atomic E-state index is 12.6. The lowest BCUT2D eigenvalue weighted by atomic mass is 9.80. The normalized spacial score (nSPS) is 17.1. The first kappa shape index (κ1) is 15.9. The Morgan fingerprint density at radius 3 is 2.43 bits per heavy atom. The largest absolute Gasteiger partial charge is 0.495 e. The third-order valence-electron chi connectivity index (χ3n) is 3.98. The maximum absolute atomic E-state index is 12.6. The Balaban J connectivity index is 2.22. The molecule has 0 saturated carbocycles. The van der Waals surface area contributed by atoms with Crippen molar-refractivity contribution in [1.82, 2.24) is 5.32 Å². The molecule has 1 aliphatic rings. The van der Waals surface area contributed by atoms with Crippen LogP contribution >= 0.6 is 11.6 Å². The van der Waals surface area contributed by atoms with E-state index in [9.17, 15) is 4.79 Å². The van der Waals surface area contributed by atoms with E-state index in [1.54, 1.807) is 19.2 Å². The molecule has 116 valence electrons. The number of hydrogen-bond donors (Lipinski definition) is 2. The Labute approximate surface area is 130 Å². The lowest BCUT2D eigenvalue weighted by molar-refractivity contribution is -0.126. The number of amides is 1. The number of hydrogen-bond acceptors (Lipinski definition) is 4. The van der Waals surface area contributed by atoms with Gasteiger partial charge in [0.1, 0.15) is 11.5 Å². The molecule has 1 fully saturated rings. The molecule has 1 amide bonds. The third kappa shape index (κ3) is 3.41. The van der Waals surface area contributed by atoms with Crippen LogP contribution in [0.1, 0.15) is 19.8 Å². The zero-order valence-electron chi connectivity index (χ0n) is 12.6. The molecule has 0 spiro atoms. The fourth-order valence-electron chi connectivity index (χ4n) is 2.44. The molecular formula is C15H21ClN2O3. The summed E-state index contributed by atoms with van der Waals surface area (Å²) in [6.07, 6.45) is 1.62. The number of carbonyl (C=O) groups excluding carboxylic acids is 1. The second-order valence-electron chi connectivity index (χ2n) is 5.45. The molecule has 1 aromatic carbocycles. The van der Waals surface area contributed by atoms with E-state index in [2.05, 4.69) is 10.6 Å².